The summed E-state index contributed by atoms with van der Waals surface area (Å²) < 4.78 is 4.73. The molecule has 116 valence electrons. The highest BCUT2D eigenvalue weighted by Gasteiger charge is 2.44. The molecule has 1 saturated carbocycles. The van der Waals surface area contributed by atoms with Gasteiger partial charge >= 0.3 is 5.97 Å². The summed E-state index contributed by atoms with van der Waals surface area (Å²) in [5, 5.41) is 2.02. The van der Waals surface area contributed by atoms with E-state index in [1.807, 2.05) is 24.6 Å². The Balaban J connectivity index is 1.68. The Morgan fingerprint density at radius 1 is 1.48 bits per heavy atom. The van der Waals surface area contributed by atoms with Crippen LogP contribution in [0.1, 0.15) is 24.1 Å². The van der Waals surface area contributed by atoms with E-state index in [0.717, 1.165) is 18.6 Å². The Morgan fingerprint density at radius 2 is 2.24 bits per heavy atom. The fourth-order valence-corrected chi connectivity index (χ4v) is 4.19. The monoisotopic (exact) mass is 327 g/mol. The van der Waals surface area contributed by atoms with E-state index in [2.05, 4.69) is 0 Å². The molecule has 0 bridgehead atoms. The Labute approximate surface area is 133 Å². The molecular formula is C15H21NO3S2. The summed E-state index contributed by atoms with van der Waals surface area (Å²) in [6.07, 6.45) is 2.61. The van der Waals surface area contributed by atoms with E-state index >= 15 is 0 Å². The van der Waals surface area contributed by atoms with Gasteiger partial charge in [0.05, 0.1) is 25.8 Å². The van der Waals surface area contributed by atoms with Crippen LogP contribution in [0.3, 0.4) is 0 Å². The van der Waals surface area contributed by atoms with E-state index < -0.39 is 0 Å². The molecule has 1 heterocycles. The van der Waals surface area contributed by atoms with Crippen molar-refractivity contribution in [3.05, 3.63) is 22.4 Å². The third-order valence-corrected chi connectivity index (χ3v) is 5.87. The first-order chi connectivity index (χ1) is 10.0. The van der Waals surface area contributed by atoms with Crippen LogP contribution in [-0.2, 0) is 20.9 Å². The summed E-state index contributed by atoms with van der Waals surface area (Å²) in [5.74, 6) is 1.34. The van der Waals surface area contributed by atoms with Crippen molar-refractivity contribution in [3.63, 3.8) is 0 Å². The number of ether oxygens (including phenoxy) is 1. The quantitative estimate of drug-likeness (QED) is 0.689. The molecule has 1 aromatic heterocycles. The maximum Gasteiger partial charge on any atom is 0.306 e. The lowest BCUT2D eigenvalue weighted by molar-refractivity contribution is -0.141. The van der Waals surface area contributed by atoms with E-state index in [4.69, 9.17) is 4.74 Å². The van der Waals surface area contributed by atoms with Gasteiger partial charge in [0, 0.05) is 11.9 Å². The van der Waals surface area contributed by atoms with Gasteiger partial charge in [-0.3, -0.25) is 9.59 Å². The van der Waals surface area contributed by atoms with E-state index in [1.54, 1.807) is 28.0 Å². The van der Waals surface area contributed by atoms with Gasteiger partial charge in [0.15, 0.2) is 0 Å². The number of carbonyl (C=O) groups is 2. The van der Waals surface area contributed by atoms with Crippen LogP contribution in [0.15, 0.2) is 17.5 Å². The average molecular weight is 327 g/mol. The Kier molecular flexibility index (Phi) is 5.70. The van der Waals surface area contributed by atoms with Crippen molar-refractivity contribution in [1.82, 2.24) is 4.90 Å². The molecule has 1 fully saturated rings. The normalized spacial score (nSPS) is 15.5. The molecule has 2 rings (SSSR count). The molecular weight excluding hydrogens is 306 g/mol. The summed E-state index contributed by atoms with van der Waals surface area (Å²) in [6, 6.07) is 4.04. The van der Waals surface area contributed by atoms with Gasteiger partial charge in [0.1, 0.15) is 0 Å². The van der Waals surface area contributed by atoms with Gasteiger partial charge in [-0.1, -0.05) is 6.07 Å². The van der Waals surface area contributed by atoms with Crippen LogP contribution in [0.5, 0.6) is 0 Å². The minimum Gasteiger partial charge on any atom is -0.469 e. The fraction of sp³-hybridized carbons (Fsp3) is 0.600. The molecule has 0 atom stereocenters. The molecule has 0 radical (unpaired) electrons. The molecule has 0 saturated heterocycles. The number of methoxy groups -OCH3 is 1. The zero-order valence-corrected chi connectivity index (χ0v) is 14.1. The van der Waals surface area contributed by atoms with Crippen LogP contribution in [-0.4, -0.2) is 42.4 Å². The van der Waals surface area contributed by atoms with Crippen molar-refractivity contribution in [2.24, 2.45) is 5.41 Å². The molecule has 1 aliphatic carbocycles. The smallest absolute Gasteiger partial charge is 0.306 e. The number of thioether (sulfide) groups is 1. The second-order valence-electron chi connectivity index (χ2n) is 5.57. The van der Waals surface area contributed by atoms with Crippen molar-refractivity contribution in [2.45, 2.75) is 25.8 Å². The third kappa shape index (κ3) is 5.04. The lowest BCUT2D eigenvalue weighted by Crippen LogP contribution is -2.28. The summed E-state index contributed by atoms with van der Waals surface area (Å²) in [6.45, 7) is 0.671. The van der Waals surface area contributed by atoms with Crippen molar-refractivity contribution in [3.8, 4) is 0 Å². The van der Waals surface area contributed by atoms with Crippen LogP contribution >= 0.6 is 23.1 Å². The van der Waals surface area contributed by atoms with E-state index in [0.29, 0.717) is 18.7 Å². The lowest BCUT2D eigenvalue weighted by Gasteiger charge is -2.17. The van der Waals surface area contributed by atoms with E-state index in [9.17, 15) is 9.59 Å². The summed E-state index contributed by atoms with van der Waals surface area (Å²) in [4.78, 5) is 26.4. The summed E-state index contributed by atoms with van der Waals surface area (Å²) in [5.41, 5.74) is 0.0877. The van der Waals surface area contributed by atoms with Gasteiger partial charge in [-0.2, -0.15) is 11.8 Å². The maximum absolute atomic E-state index is 12.1. The number of amides is 1. The molecule has 6 heteroatoms. The first-order valence-corrected chi connectivity index (χ1v) is 8.99. The molecule has 0 N–H and O–H groups in total. The van der Waals surface area contributed by atoms with Crippen LogP contribution in [0, 0.1) is 5.41 Å². The van der Waals surface area contributed by atoms with Gasteiger partial charge in [-0.25, -0.2) is 0 Å². The molecule has 0 unspecified atom stereocenters. The maximum atomic E-state index is 12.1. The van der Waals surface area contributed by atoms with Crippen molar-refractivity contribution in [1.29, 1.82) is 0 Å². The molecule has 1 aliphatic rings. The van der Waals surface area contributed by atoms with Gasteiger partial charge in [-0.15, -0.1) is 11.3 Å². The lowest BCUT2D eigenvalue weighted by atomic mass is 10.1. The van der Waals surface area contributed by atoms with Gasteiger partial charge in [0.2, 0.25) is 5.91 Å². The van der Waals surface area contributed by atoms with Crippen molar-refractivity contribution >= 4 is 35.0 Å². The predicted molar refractivity (Wildman–Crippen MR) is 86.4 cm³/mol. The van der Waals surface area contributed by atoms with E-state index in [-0.39, 0.29) is 17.3 Å². The molecule has 0 aromatic carbocycles. The van der Waals surface area contributed by atoms with Crippen LogP contribution < -0.4 is 0 Å². The Bertz CT molecular complexity index is 483. The molecule has 0 aliphatic heterocycles. The summed E-state index contributed by atoms with van der Waals surface area (Å²) >= 11 is 3.29. The van der Waals surface area contributed by atoms with Gasteiger partial charge in [-0.05, 0) is 35.5 Å². The van der Waals surface area contributed by atoms with Crippen molar-refractivity contribution in [2.75, 3.05) is 25.7 Å². The number of thiophene rings is 1. The highest BCUT2D eigenvalue weighted by atomic mass is 32.2. The van der Waals surface area contributed by atoms with Crippen LogP contribution in [0.25, 0.3) is 0 Å². The topological polar surface area (TPSA) is 46.6 Å². The molecule has 4 nitrogen and oxygen atoms in total. The minimum absolute atomic E-state index is 0.0877. The molecule has 0 spiro atoms. The van der Waals surface area contributed by atoms with Crippen molar-refractivity contribution < 1.29 is 14.3 Å². The first kappa shape index (κ1) is 16.4. The van der Waals surface area contributed by atoms with Crippen LogP contribution in [0.4, 0.5) is 0 Å². The largest absolute Gasteiger partial charge is 0.469 e. The Morgan fingerprint density at radius 3 is 2.81 bits per heavy atom. The molecule has 21 heavy (non-hydrogen) atoms. The highest BCUT2D eigenvalue weighted by molar-refractivity contribution is 7.99. The molecule has 1 aromatic rings. The third-order valence-electron chi connectivity index (χ3n) is 3.74. The number of rotatable bonds is 8. The fourth-order valence-electron chi connectivity index (χ4n) is 2.12. The molecule has 1 amide bonds. The zero-order valence-electron chi connectivity index (χ0n) is 12.5. The van der Waals surface area contributed by atoms with Gasteiger partial charge < -0.3 is 9.64 Å². The van der Waals surface area contributed by atoms with Crippen LogP contribution in [0.2, 0.25) is 0 Å². The number of hydrogen-bond donors (Lipinski definition) is 0. The zero-order chi connectivity index (χ0) is 15.3. The second kappa shape index (κ2) is 7.31. The number of esters is 1. The standard InChI is InChI=1S/C15H21NO3S2/c1-16(9-12-4-3-7-21-12)13(17)10-20-11-15(5-6-15)8-14(18)19-2/h3-4,7H,5-6,8-11H2,1-2H3. The highest BCUT2D eigenvalue weighted by Crippen LogP contribution is 2.51. The summed E-state index contributed by atoms with van der Waals surface area (Å²) in [7, 11) is 3.26. The minimum atomic E-state index is -0.144. The number of carbonyl (C=O) groups excluding carboxylic acids is 2. The predicted octanol–water partition coefficient (Wildman–Crippen LogP) is 2.78. The first-order valence-electron chi connectivity index (χ1n) is 6.96. The Hall–Kier alpha value is -1.01. The number of nitrogens with zero attached hydrogens (tertiary/aromatic N) is 1. The number of hydrogen-bond acceptors (Lipinski definition) is 5. The van der Waals surface area contributed by atoms with E-state index in [1.165, 1.54) is 12.0 Å². The average Bonchev–Trinajstić information content (AvgIpc) is 3.01. The second-order valence-corrected chi connectivity index (χ2v) is 7.59. The van der Waals surface area contributed by atoms with Gasteiger partial charge in [0.25, 0.3) is 0 Å². The SMILES string of the molecule is COC(=O)CC1(CSCC(=O)N(C)Cc2cccs2)CC1.